The molecule has 0 amide bonds. The third-order valence-electron chi connectivity index (χ3n) is 2.84. The quantitative estimate of drug-likeness (QED) is 0.745. The topological polar surface area (TPSA) is 26.3 Å². The number of thiophene rings is 1. The predicted molar refractivity (Wildman–Crippen MR) is 72.2 cm³/mol. The van der Waals surface area contributed by atoms with Gasteiger partial charge in [0.15, 0.2) is 5.78 Å². The fraction of sp³-hybridized carbons (Fsp3) is 0.545. The van der Waals surface area contributed by atoms with Crippen molar-refractivity contribution in [2.24, 2.45) is 5.92 Å². The van der Waals surface area contributed by atoms with Crippen molar-refractivity contribution in [3.63, 3.8) is 0 Å². The minimum Gasteiger partial charge on any atom is -0.377 e. The molecule has 16 heavy (non-hydrogen) atoms. The van der Waals surface area contributed by atoms with Crippen molar-refractivity contribution >= 4 is 49.0 Å². The van der Waals surface area contributed by atoms with Gasteiger partial charge in [-0.1, -0.05) is 6.92 Å². The summed E-state index contributed by atoms with van der Waals surface area (Å²) in [6.07, 6.45) is 1.86. The maximum Gasteiger partial charge on any atom is 0.178 e. The molecule has 0 aromatic carbocycles. The third kappa shape index (κ3) is 2.42. The van der Waals surface area contributed by atoms with E-state index in [2.05, 4.69) is 38.8 Å². The van der Waals surface area contributed by atoms with Crippen LogP contribution in [0.2, 0.25) is 0 Å². The highest BCUT2D eigenvalue weighted by molar-refractivity contribution is 9.13. The van der Waals surface area contributed by atoms with Gasteiger partial charge in [-0.2, -0.15) is 0 Å². The summed E-state index contributed by atoms with van der Waals surface area (Å²) in [6, 6.07) is 1.89. The number of hydrogen-bond acceptors (Lipinski definition) is 3. The smallest absolute Gasteiger partial charge is 0.178 e. The normalized spacial score (nSPS) is 24.9. The summed E-state index contributed by atoms with van der Waals surface area (Å²) in [5.74, 6) is 0.267. The minimum absolute atomic E-state index is 0.0439. The van der Waals surface area contributed by atoms with Crippen LogP contribution in [-0.2, 0) is 4.74 Å². The van der Waals surface area contributed by atoms with Crippen LogP contribution in [-0.4, -0.2) is 18.5 Å². The highest BCUT2D eigenvalue weighted by atomic mass is 79.9. The Kier molecular flexibility index (Phi) is 4.21. The van der Waals surface area contributed by atoms with Gasteiger partial charge in [0.05, 0.1) is 20.7 Å². The van der Waals surface area contributed by atoms with Gasteiger partial charge in [-0.15, -0.1) is 11.3 Å². The molecular formula is C11H12Br2O2S. The van der Waals surface area contributed by atoms with Gasteiger partial charge in [-0.3, -0.25) is 4.79 Å². The number of carbonyl (C=O) groups excluding carboxylic acids is 1. The molecule has 1 aromatic heterocycles. The van der Waals surface area contributed by atoms with Crippen LogP contribution < -0.4 is 0 Å². The van der Waals surface area contributed by atoms with Gasteiger partial charge in [-0.25, -0.2) is 0 Å². The molecule has 1 aromatic rings. The minimum atomic E-state index is 0.0439. The van der Waals surface area contributed by atoms with E-state index in [9.17, 15) is 4.79 Å². The molecule has 1 aliphatic heterocycles. The summed E-state index contributed by atoms with van der Waals surface area (Å²) in [5, 5.41) is 0. The highest BCUT2D eigenvalue weighted by Crippen LogP contribution is 2.36. The highest BCUT2D eigenvalue weighted by Gasteiger charge is 2.34. The van der Waals surface area contributed by atoms with E-state index in [4.69, 9.17) is 4.74 Å². The van der Waals surface area contributed by atoms with Crippen molar-refractivity contribution < 1.29 is 9.53 Å². The van der Waals surface area contributed by atoms with Crippen LogP contribution in [0, 0.1) is 5.92 Å². The first-order valence-electron chi connectivity index (χ1n) is 5.24. The van der Waals surface area contributed by atoms with E-state index in [-0.39, 0.29) is 17.8 Å². The largest absolute Gasteiger partial charge is 0.377 e. The summed E-state index contributed by atoms with van der Waals surface area (Å²) in [6.45, 7) is 2.78. The molecule has 88 valence electrons. The number of halogens is 2. The Bertz CT molecular complexity index is 383. The van der Waals surface area contributed by atoms with Crippen LogP contribution in [0.1, 0.15) is 29.4 Å². The number of ketones is 1. The zero-order valence-corrected chi connectivity index (χ0v) is 12.8. The zero-order valence-electron chi connectivity index (χ0n) is 8.83. The molecule has 2 rings (SSSR count). The molecule has 0 radical (unpaired) electrons. The molecule has 0 N–H and O–H groups in total. The summed E-state index contributed by atoms with van der Waals surface area (Å²) >= 11 is 8.31. The molecule has 1 fully saturated rings. The lowest BCUT2D eigenvalue weighted by molar-refractivity contribution is 0.0692. The van der Waals surface area contributed by atoms with Crippen LogP contribution in [0.5, 0.6) is 0 Å². The van der Waals surface area contributed by atoms with Crippen LogP contribution in [0.25, 0.3) is 0 Å². The molecule has 0 saturated carbocycles. The van der Waals surface area contributed by atoms with E-state index in [1.54, 1.807) is 0 Å². The molecule has 2 atom stereocenters. The fourth-order valence-electron chi connectivity index (χ4n) is 2.00. The van der Waals surface area contributed by atoms with Crippen molar-refractivity contribution in [3.05, 3.63) is 19.2 Å². The Morgan fingerprint density at radius 1 is 1.62 bits per heavy atom. The van der Waals surface area contributed by atoms with Crippen LogP contribution in [0.3, 0.4) is 0 Å². The number of ether oxygens (including phenoxy) is 1. The Labute approximate surface area is 116 Å². The molecule has 2 nitrogen and oxygen atoms in total. The molecule has 1 saturated heterocycles. The molecule has 0 spiro atoms. The van der Waals surface area contributed by atoms with Crippen molar-refractivity contribution in [1.82, 2.24) is 0 Å². The second-order valence-corrected chi connectivity index (χ2v) is 7.03. The summed E-state index contributed by atoms with van der Waals surface area (Å²) in [4.78, 5) is 13.1. The summed E-state index contributed by atoms with van der Waals surface area (Å²) in [7, 11) is 0. The number of carbonyl (C=O) groups is 1. The van der Waals surface area contributed by atoms with Gasteiger partial charge < -0.3 is 4.74 Å². The van der Waals surface area contributed by atoms with E-state index in [0.29, 0.717) is 6.61 Å². The molecule has 5 heteroatoms. The first-order valence-corrected chi connectivity index (χ1v) is 7.64. The van der Waals surface area contributed by atoms with Crippen LogP contribution >= 0.6 is 43.2 Å². The number of hydrogen-bond donors (Lipinski definition) is 0. The Morgan fingerprint density at radius 2 is 2.38 bits per heavy atom. The Hall–Kier alpha value is 0.290. The van der Waals surface area contributed by atoms with Gasteiger partial charge in [0.25, 0.3) is 0 Å². The van der Waals surface area contributed by atoms with E-state index in [1.807, 2.05) is 6.07 Å². The van der Waals surface area contributed by atoms with Gasteiger partial charge in [0.2, 0.25) is 0 Å². The van der Waals surface area contributed by atoms with E-state index in [0.717, 1.165) is 26.0 Å². The summed E-state index contributed by atoms with van der Waals surface area (Å²) in [5.41, 5.74) is 0. The Balaban J connectivity index is 2.18. The van der Waals surface area contributed by atoms with Crippen molar-refractivity contribution in [3.8, 4) is 0 Å². The molecular weight excluding hydrogens is 356 g/mol. The average molecular weight is 368 g/mol. The van der Waals surface area contributed by atoms with Crippen LogP contribution in [0.15, 0.2) is 14.3 Å². The zero-order chi connectivity index (χ0) is 11.7. The molecule has 2 heterocycles. The first-order chi connectivity index (χ1) is 7.63. The lowest BCUT2D eigenvalue weighted by atomic mass is 9.94. The second kappa shape index (κ2) is 5.29. The maximum atomic E-state index is 12.3. The van der Waals surface area contributed by atoms with E-state index < -0.39 is 0 Å². The van der Waals surface area contributed by atoms with E-state index >= 15 is 0 Å². The van der Waals surface area contributed by atoms with Crippen molar-refractivity contribution in [1.29, 1.82) is 0 Å². The molecule has 0 aliphatic carbocycles. The van der Waals surface area contributed by atoms with Gasteiger partial charge in [-0.05, 0) is 50.8 Å². The lowest BCUT2D eigenvalue weighted by Crippen LogP contribution is -2.23. The summed E-state index contributed by atoms with van der Waals surface area (Å²) < 4.78 is 7.48. The van der Waals surface area contributed by atoms with Crippen LogP contribution in [0.4, 0.5) is 0 Å². The fourth-order valence-corrected chi connectivity index (χ4v) is 4.04. The second-order valence-electron chi connectivity index (χ2n) is 3.81. The van der Waals surface area contributed by atoms with Gasteiger partial charge >= 0.3 is 0 Å². The monoisotopic (exact) mass is 366 g/mol. The number of Topliss-reactive ketones (excluding diaryl/α,β-unsaturated/α-hetero) is 1. The predicted octanol–water partition coefficient (Wildman–Crippen LogP) is 4.27. The first kappa shape index (κ1) is 12.7. The molecule has 0 bridgehead atoms. The Morgan fingerprint density at radius 3 is 2.94 bits per heavy atom. The maximum absolute atomic E-state index is 12.3. The third-order valence-corrected chi connectivity index (χ3v) is 6.11. The average Bonchev–Trinajstić information content (AvgIpc) is 2.85. The van der Waals surface area contributed by atoms with Gasteiger partial charge in [0.1, 0.15) is 0 Å². The molecule has 1 aliphatic rings. The van der Waals surface area contributed by atoms with Crippen molar-refractivity contribution in [2.45, 2.75) is 25.9 Å². The molecule has 2 unspecified atom stereocenters. The van der Waals surface area contributed by atoms with E-state index in [1.165, 1.54) is 11.3 Å². The van der Waals surface area contributed by atoms with Gasteiger partial charge in [0, 0.05) is 11.1 Å². The number of rotatable bonds is 3. The van der Waals surface area contributed by atoms with Crippen molar-refractivity contribution in [2.75, 3.05) is 6.61 Å². The SMILES string of the molecule is CCC1OCCC1C(=O)c1cc(Br)c(Br)s1. The lowest BCUT2D eigenvalue weighted by Gasteiger charge is -2.14. The standard InChI is InChI=1S/C11H12Br2O2S/c1-2-8-6(3-4-15-8)10(14)9-5-7(12)11(13)16-9/h5-6,8H,2-4H2,1H3.